The number of aliphatic hydroxyl groups is 1. The van der Waals surface area contributed by atoms with Crippen molar-refractivity contribution in [3.8, 4) is 0 Å². The van der Waals surface area contributed by atoms with E-state index in [2.05, 4.69) is 24.5 Å². The van der Waals surface area contributed by atoms with Crippen LogP contribution in [0, 0.1) is 0 Å². The van der Waals surface area contributed by atoms with Gasteiger partial charge in [-0.05, 0) is 25.8 Å². The first-order valence-electron chi connectivity index (χ1n) is 6.31. The van der Waals surface area contributed by atoms with Crippen LogP contribution < -0.4 is 10.6 Å². The van der Waals surface area contributed by atoms with E-state index < -0.39 is 6.10 Å². The fraction of sp³-hybridized carbons (Fsp3) is 0.917. The summed E-state index contributed by atoms with van der Waals surface area (Å²) in [4.78, 5) is 11.5. The van der Waals surface area contributed by atoms with Crippen molar-refractivity contribution in [3.63, 3.8) is 0 Å². The summed E-state index contributed by atoms with van der Waals surface area (Å²) < 4.78 is 4.81. The molecule has 0 bridgehead atoms. The second-order valence-electron chi connectivity index (χ2n) is 4.16. The topological polar surface area (TPSA) is 70.6 Å². The highest BCUT2D eigenvalue weighted by molar-refractivity contribution is 5.78. The van der Waals surface area contributed by atoms with Crippen molar-refractivity contribution < 1.29 is 14.6 Å². The molecule has 5 nitrogen and oxygen atoms in total. The van der Waals surface area contributed by atoms with Gasteiger partial charge >= 0.3 is 0 Å². The maximum Gasteiger partial charge on any atom is 0.234 e. The van der Waals surface area contributed by atoms with Gasteiger partial charge < -0.3 is 20.5 Å². The minimum absolute atomic E-state index is 0.0138. The molecule has 1 amide bonds. The molecule has 0 heterocycles. The van der Waals surface area contributed by atoms with Crippen LogP contribution in [-0.4, -0.2) is 50.0 Å². The Hall–Kier alpha value is -0.650. The predicted octanol–water partition coefficient (Wildman–Crippen LogP) is 0.278. The van der Waals surface area contributed by atoms with E-state index in [1.807, 2.05) is 0 Å². The van der Waals surface area contributed by atoms with Gasteiger partial charge in [0.05, 0.1) is 19.3 Å². The molecule has 0 aliphatic carbocycles. The van der Waals surface area contributed by atoms with Gasteiger partial charge in [-0.25, -0.2) is 0 Å². The first-order valence-corrected chi connectivity index (χ1v) is 6.31. The first-order chi connectivity index (χ1) is 8.13. The van der Waals surface area contributed by atoms with Crippen molar-refractivity contribution in [3.05, 3.63) is 0 Å². The van der Waals surface area contributed by atoms with Crippen molar-refractivity contribution >= 4 is 5.91 Å². The van der Waals surface area contributed by atoms with Crippen LogP contribution in [0.3, 0.4) is 0 Å². The van der Waals surface area contributed by atoms with Crippen LogP contribution >= 0.6 is 0 Å². The van der Waals surface area contributed by atoms with Gasteiger partial charge in [0.25, 0.3) is 0 Å². The molecule has 102 valence electrons. The van der Waals surface area contributed by atoms with Gasteiger partial charge in [-0.3, -0.25) is 4.79 Å². The van der Waals surface area contributed by atoms with Crippen molar-refractivity contribution in [1.29, 1.82) is 0 Å². The normalized spacial score (nSPS) is 12.8. The molecule has 0 aliphatic heterocycles. The van der Waals surface area contributed by atoms with E-state index in [0.717, 1.165) is 12.8 Å². The minimum atomic E-state index is -0.463. The number of nitrogens with one attached hydrogen (secondary N) is 2. The van der Waals surface area contributed by atoms with Gasteiger partial charge in [-0.15, -0.1) is 0 Å². The van der Waals surface area contributed by atoms with Crippen molar-refractivity contribution in [1.82, 2.24) is 10.6 Å². The van der Waals surface area contributed by atoms with Crippen molar-refractivity contribution in [2.24, 2.45) is 0 Å². The Morgan fingerprint density at radius 1 is 1.35 bits per heavy atom. The third kappa shape index (κ3) is 9.09. The zero-order valence-corrected chi connectivity index (χ0v) is 11.2. The fourth-order valence-electron chi connectivity index (χ4n) is 1.52. The second-order valence-corrected chi connectivity index (χ2v) is 4.16. The Balaban J connectivity index is 3.51. The Morgan fingerprint density at radius 2 is 2.00 bits per heavy atom. The maximum absolute atomic E-state index is 11.5. The molecule has 0 saturated heterocycles. The van der Waals surface area contributed by atoms with Crippen LogP contribution in [0.25, 0.3) is 0 Å². The lowest BCUT2D eigenvalue weighted by atomic mass is 10.2. The van der Waals surface area contributed by atoms with Crippen molar-refractivity contribution in [2.45, 2.75) is 45.3 Å². The monoisotopic (exact) mass is 246 g/mol. The Bertz CT molecular complexity index is 196. The number of carbonyl (C=O) groups excluding carboxylic acids is 1. The molecule has 1 unspecified atom stereocenters. The van der Waals surface area contributed by atoms with Crippen LogP contribution in [0.5, 0.6) is 0 Å². The summed E-state index contributed by atoms with van der Waals surface area (Å²) in [6.07, 6.45) is 2.03. The van der Waals surface area contributed by atoms with E-state index in [4.69, 9.17) is 4.74 Å². The molecule has 17 heavy (non-hydrogen) atoms. The van der Waals surface area contributed by atoms with Gasteiger partial charge in [-0.2, -0.15) is 0 Å². The van der Waals surface area contributed by atoms with Gasteiger partial charge in [0.2, 0.25) is 5.91 Å². The summed E-state index contributed by atoms with van der Waals surface area (Å²) in [6, 6.07) is 0.267. The number of hydrogen-bond acceptors (Lipinski definition) is 4. The summed E-state index contributed by atoms with van der Waals surface area (Å²) in [6.45, 7) is 5.37. The van der Waals surface area contributed by atoms with E-state index in [1.165, 1.54) is 0 Å². The number of carbonyl (C=O) groups is 1. The molecule has 5 heteroatoms. The Labute approximate surface area is 104 Å². The van der Waals surface area contributed by atoms with Crippen LogP contribution in [0.1, 0.15) is 33.1 Å². The van der Waals surface area contributed by atoms with E-state index in [9.17, 15) is 9.90 Å². The minimum Gasteiger partial charge on any atom is -0.391 e. The molecule has 0 aromatic heterocycles. The Morgan fingerprint density at radius 3 is 2.53 bits per heavy atom. The van der Waals surface area contributed by atoms with Gasteiger partial charge in [0, 0.05) is 13.2 Å². The molecule has 0 spiro atoms. The van der Waals surface area contributed by atoms with E-state index in [0.29, 0.717) is 26.1 Å². The fourth-order valence-corrected chi connectivity index (χ4v) is 1.52. The summed E-state index contributed by atoms with van der Waals surface area (Å²) in [5, 5.41) is 15.3. The quantitative estimate of drug-likeness (QED) is 0.484. The number of aliphatic hydroxyl groups excluding tert-OH is 1. The van der Waals surface area contributed by atoms with Gasteiger partial charge in [-0.1, -0.05) is 13.8 Å². The zero-order valence-electron chi connectivity index (χ0n) is 11.2. The van der Waals surface area contributed by atoms with E-state index >= 15 is 0 Å². The summed E-state index contributed by atoms with van der Waals surface area (Å²) in [7, 11) is 1.56. The van der Waals surface area contributed by atoms with Gasteiger partial charge in [0.1, 0.15) is 0 Å². The second kappa shape index (κ2) is 10.5. The Kier molecular flexibility index (Phi) is 10.1. The number of ether oxygens (including phenoxy) is 1. The van der Waals surface area contributed by atoms with E-state index in [1.54, 1.807) is 7.11 Å². The highest BCUT2D eigenvalue weighted by Gasteiger charge is 2.08. The molecule has 0 saturated carbocycles. The maximum atomic E-state index is 11.5. The number of hydrogen-bond donors (Lipinski definition) is 3. The zero-order chi connectivity index (χ0) is 13.1. The third-order valence-electron chi connectivity index (χ3n) is 2.65. The molecule has 0 aliphatic rings. The molecule has 1 atom stereocenters. The lowest BCUT2D eigenvalue weighted by molar-refractivity contribution is -0.121. The molecular formula is C12H26N2O3. The third-order valence-corrected chi connectivity index (χ3v) is 2.65. The van der Waals surface area contributed by atoms with E-state index in [-0.39, 0.29) is 11.9 Å². The average Bonchev–Trinajstić information content (AvgIpc) is 2.32. The van der Waals surface area contributed by atoms with Crippen LogP contribution in [0.15, 0.2) is 0 Å². The lowest BCUT2D eigenvalue weighted by Crippen LogP contribution is -2.40. The molecule has 0 radical (unpaired) electrons. The predicted molar refractivity (Wildman–Crippen MR) is 67.9 cm³/mol. The van der Waals surface area contributed by atoms with Crippen molar-refractivity contribution in [2.75, 3.05) is 26.8 Å². The smallest absolute Gasteiger partial charge is 0.234 e. The first kappa shape index (κ1) is 16.4. The summed E-state index contributed by atoms with van der Waals surface area (Å²) in [5.74, 6) is 0.0138. The SMILES string of the molecule is CCC(CC)NC(=O)CNCCC(O)COC. The lowest BCUT2D eigenvalue weighted by Gasteiger charge is -2.15. The molecule has 0 rings (SSSR count). The average molecular weight is 246 g/mol. The van der Waals surface area contributed by atoms with Gasteiger partial charge in [0.15, 0.2) is 0 Å². The van der Waals surface area contributed by atoms with Crippen LogP contribution in [-0.2, 0) is 9.53 Å². The molecule has 3 N–H and O–H groups in total. The summed E-state index contributed by atoms with van der Waals surface area (Å²) >= 11 is 0. The summed E-state index contributed by atoms with van der Waals surface area (Å²) in [5.41, 5.74) is 0. The van der Waals surface area contributed by atoms with Crippen LogP contribution in [0.4, 0.5) is 0 Å². The highest BCUT2D eigenvalue weighted by Crippen LogP contribution is 1.95. The van der Waals surface area contributed by atoms with Crippen LogP contribution in [0.2, 0.25) is 0 Å². The largest absolute Gasteiger partial charge is 0.391 e. The number of amides is 1. The molecule has 0 aromatic carbocycles. The molecule has 0 fully saturated rings. The number of rotatable bonds is 10. The number of methoxy groups -OCH3 is 1. The highest BCUT2D eigenvalue weighted by atomic mass is 16.5. The molecular weight excluding hydrogens is 220 g/mol. The standard InChI is InChI=1S/C12H26N2O3/c1-4-10(5-2)14-12(16)8-13-7-6-11(15)9-17-3/h10-11,13,15H,4-9H2,1-3H3,(H,14,16). The molecule has 0 aromatic rings.